The molecule has 1 saturated heterocycles. The van der Waals surface area contributed by atoms with Crippen LogP contribution in [-0.4, -0.2) is 34.4 Å². The number of carboxylic acids is 1. The van der Waals surface area contributed by atoms with Crippen LogP contribution in [0.4, 0.5) is 0 Å². The Bertz CT molecular complexity index is 1140. The third-order valence-electron chi connectivity index (χ3n) is 12.2. The van der Waals surface area contributed by atoms with E-state index in [0.29, 0.717) is 23.8 Å². The standard InChI is InChI=1S/C30H40O6/c1-16-12-19(35-14-16)13-17(2)20-6-8-28(5)25-23(33)24-22(18(3)26(34)36-24)29(9-7-21(31)32)15-30(25,29)11-10-27(20,28)4/h12,14,17,20,22-25,33H,3,6-11,13,15H2,1-2,4-5H3,(H,31,32)/t17-,20-,22-,23-,24+,25+,27-,28+,29-,30+/m1/s1. The predicted octanol–water partition coefficient (Wildman–Crippen LogP) is 5.31. The molecule has 1 aliphatic heterocycles. The van der Waals surface area contributed by atoms with Gasteiger partial charge in [0.15, 0.2) is 0 Å². The van der Waals surface area contributed by atoms with Crippen LogP contribution in [0.25, 0.3) is 0 Å². The summed E-state index contributed by atoms with van der Waals surface area (Å²) >= 11 is 0. The number of hydrogen-bond acceptors (Lipinski definition) is 5. The third kappa shape index (κ3) is 2.83. The quantitative estimate of drug-likeness (QED) is 0.409. The van der Waals surface area contributed by atoms with Gasteiger partial charge in [-0.3, -0.25) is 4.79 Å². The molecule has 1 aromatic heterocycles. The highest BCUT2D eigenvalue weighted by atomic mass is 16.6. The van der Waals surface area contributed by atoms with Crippen molar-refractivity contribution in [2.75, 3.05) is 0 Å². The van der Waals surface area contributed by atoms with Crippen LogP contribution in [0.2, 0.25) is 0 Å². The van der Waals surface area contributed by atoms with E-state index >= 15 is 0 Å². The highest BCUT2D eigenvalue weighted by Gasteiger charge is 2.85. The van der Waals surface area contributed by atoms with Crippen molar-refractivity contribution in [3.63, 3.8) is 0 Å². The van der Waals surface area contributed by atoms with Crippen LogP contribution < -0.4 is 0 Å². The molecule has 2 N–H and O–H groups in total. The molecule has 1 aromatic rings. The number of ether oxygens (including phenoxy) is 1. The molecule has 0 bridgehead atoms. The van der Waals surface area contributed by atoms with Crippen LogP contribution in [0.3, 0.4) is 0 Å². The maximum atomic E-state index is 12.7. The Morgan fingerprint density at radius 1 is 1.25 bits per heavy atom. The first-order chi connectivity index (χ1) is 16.9. The summed E-state index contributed by atoms with van der Waals surface area (Å²) in [6.45, 7) is 13.3. The zero-order valence-electron chi connectivity index (χ0n) is 22.0. The van der Waals surface area contributed by atoms with Gasteiger partial charge >= 0.3 is 11.9 Å². The van der Waals surface area contributed by atoms with E-state index in [1.807, 2.05) is 6.26 Å². The number of aliphatic carboxylic acids is 1. The van der Waals surface area contributed by atoms with Gasteiger partial charge in [-0.15, -0.1) is 0 Å². The molecule has 5 fully saturated rings. The van der Waals surface area contributed by atoms with Gasteiger partial charge in [-0.25, -0.2) is 4.79 Å². The van der Waals surface area contributed by atoms with E-state index in [-0.39, 0.29) is 39.9 Å². The molecule has 0 radical (unpaired) electrons. The van der Waals surface area contributed by atoms with Crippen molar-refractivity contribution in [2.45, 2.75) is 91.3 Å². The first kappa shape index (κ1) is 24.3. The number of carbonyl (C=O) groups is 2. The number of furan rings is 1. The number of carbonyl (C=O) groups excluding carboxylic acids is 1. The predicted molar refractivity (Wildman–Crippen MR) is 133 cm³/mol. The highest BCUT2D eigenvalue weighted by Crippen LogP contribution is 2.88. The molecule has 4 saturated carbocycles. The number of rotatable bonds is 6. The molecule has 0 unspecified atom stereocenters. The van der Waals surface area contributed by atoms with Crippen LogP contribution >= 0.6 is 0 Å². The lowest BCUT2D eigenvalue weighted by molar-refractivity contribution is -0.203. The maximum absolute atomic E-state index is 12.7. The van der Waals surface area contributed by atoms with Gasteiger partial charge in [0.25, 0.3) is 0 Å². The molecule has 10 atom stereocenters. The Morgan fingerprint density at radius 3 is 2.67 bits per heavy atom. The second-order valence-electron chi connectivity index (χ2n) is 13.5. The zero-order valence-corrected chi connectivity index (χ0v) is 22.0. The van der Waals surface area contributed by atoms with Crippen molar-refractivity contribution in [3.8, 4) is 0 Å². The van der Waals surface area contributed by atoms with Crippen molar-refractivity contribution in [1.82, 2.24) is 0 Å². The summed E-state index contributed by atoms with van der Waals surface area (Å²) in [5, 5.41) is 21.5. The minimum Gasteiger partial charge on any atom is -0.481 e. The lowest BCUT2D eigenvalue weighted by Crippen LogP contribution is -2.62. The van der Waals surface area contributed by atoms with Crippen LogP contribution in [-0.2, 0) is 20.7 Å². The molecular formula is C30H40O6. The van der Waals surface area contributed by atoms with E-state index in [1.165, 1.54) is 0 Å². The second kappa shape index (κ2) is 7.49. The summed E-state index contributed by atoms with van der Waals surface area (Å²) in [7, 11) is 0. The zero-order chi connectivity index (χ0) is 25.8. The molecule has 196 valence electrons. The molecule has 0 aromatic carbocycles. The van der Waals surface area contributed by atoms with E-state index in [9.17, 15) is 19.8 Å². The Balaban J connectivity index is 1.37. The van der Waals surface area contributed by atoms with E-state index in [1.54, 1.807) is 0 Å². The summed E-state index contributed by atoms with van der Waals surface area (Å²) in [6, 6.07) is 2.14. The molecule has 5 aliphatic rings. The fraction of sp³-hybridized carbons (Fsp3) is 0.733. The van der Waals surface area contributed by atoms with Gasteiger partial charge in [-0.1, -0.05) is 27.4 Å². The molecule has 2 heterocycles. The number of carboxylic acid groups (broad SMARTS) is 1. The molecular weight excluding hydrogens is 456 g/mol. The molecule has 36 heavy (non-hydrogen) atoms. The monoisotopic (exact) mass is 496 g/mol. The van der Waals surface area contributed by atoms with Crippen molar-refractivity contribution in [3.05, 3.63) is 35.8 Å². The summed E-state index contributed by atoms with van der Waals surface area (Å²) < 4.78 is 11.6. The minimum absolute atomic E-state index is 0.0134. The molecule has 4 aliphatic carbocycles. The summed E-state index contributed by atoms with van der Waals surface area (Å²) in [4.78, 5) is 24.3. The number of fused-ring (bicyclic) bond motifs is 4. The Labute approximate surface area is 213 Å². The first-order valence-electron chi connectivity index (χ1n) is 13.7. The molecule has 6 nitrogen and oxygen atoms in total. The van der Waals surface area contributed by atoms with Gasteiger partial charge in [0.05, 0.1) is 12.4 Å². The molecule has 6 heteroatoms. The SMILES string of the molecule is C=C1C(=O)O[C@@H]2[C@@H](O)[C@@H]3[C@]4(CC[C@]5(C)[C@@H]([C@H](C)Cc6cc(C)co6)CC[C@@]35C)C[C@]4(CCC(=O)O)[C@H]12. The Kier molecular flexibility index (Phi) is 5.05. The van der Waals surface area contributed by atoms with E-state index in [4.69, 9.17) is 9.15 Å². The average molecular weight is 497 g/mol. The average Bonchev–Trinajstić information content (AvgIpc) is 2.99. The van der Waals surface area contributed by atoms with E-state index in [0.717, 1.165) is 49.8 Å². The van der Waals surface area contributed by atoms with Gasteiger partial charge in [-0.2, -0.15) is 0 Å². The van der Waals surface area contributed by atoms with Crippen LogP contribution in [0, 0.1) is 52.3 Å². The van der Waals surface area contributed by atoms with E-state index < -0.39 is 24.1 Å². The fourth-order valence-electron chi connectivity index (χ4n) is 10.6. The van der Waals surface area contributed by atoms with Crippen molar-refractivity contribution >= 4 is 11.9 Å². The molecule has 6 rings (SSSR count). The lowest BCUT2D eigenvalue weighted by atomic mass is 9.42. The van der Waals surface area contributed by atoms with Gasteiger partial charge in [0, 0.05) is 30.3 Å². The molecule has 0 amide bonds. The van der Waals surface area contributed by atoms with Crippen LogP contribution in [0.5, 0.6) is 0 Å². The van der Waals surface area contributed by atoms with Crippen LogP contribution in [0.15, 0.2) is 28.9 Å². The van der Waals surface area contributed by atoms with Crippen molar-refractivity contribution in [2.24, 2.45) is 45.3 Å². The molecule has 1 spiro atoms. The van der Waals surface area contributed by atoms with Gasteiger partial charge in [-0.05, 0) is 90.6 Å². The first-order valence-corrected chi connectivity index (χ1v) is 13.7. The van der Waals surface area contributed by atoms with Crippen molar-refractivity contribution in [1.29, 1.82) is 0 Å². The van der Waals surface area contributed by atoms with Gasteiger partial charge < -0.3 is 19.4 Å². The van der Waals surface area contributed by atoms with Crippen molar-refractivity contribution < 1.29 is 29.0 Å². The summed E-state index contributed by atoms with van der Waals surface area (Å²) in [6.07, 6.45) is 7.00. The fourth-order valence-corrected chi connectivity index (χ4v) is 10.6. The summed E-state index contributed by atoms with van der Waals surface area (Å²) in [5.41, 5.74) is 1.05. The van der Waals surface area contributed by atoms with Gasteiger partial charge in [0.1, 0.15) is 11.9 Å². The highest BCUT2D eigenvalue weighted by molar-refractivity contribution is 5.91. The largest absolute Gasteiger partial charge is 0.481 e. The number of aryl methyl sites for hydroxylation is 1. The Morgan fingerprint density at radius 2 is 2.00 bits per heavy atom. The number of hydrogen-bond donors (Lipinski definition) is 2. The number of esters is 1. The van der Waals surface area contributed by atoms with E-state index in [2.05, 4.69) is 40.3 Å². The normalized spacial score (nSPS) is 47.4. The van der Waals surface area contributed by atoms with Crippen LogP contribution in [0.1, 0.15) is 77.0 Å². The number of aliphatic hydroxyl groups is 1. The maximum Gasteiger partial charge on any atom is 0.334 e. The Hall–Kier alpha value is -2.08. The third-order valence-corrected chi connectivity index (χ3v) is 12.2. The lowest BCUT2D eigenvalue weighted by Gasteiger charge is -2.62. The summed E-state index contributed by atoms with van der Waals surface area (Å²) in [5.74, 6) is 0.474. The second-order valence-corrected chi connectivity index (χ2v) is 13.5. The number of aliphatic hydroxyl groups excluding tert-OH is 1. The minimum atomic E-state index is -0.809. The van der Waals surface area contributed by atoms with Gasteiger partial charge in [0.2, 0.25) is 0 Å². The topological polar surface area (TPSA) is 97.0 Å². The smallest absolute Gasteiger partial charge is 0.334 e.